The van der Waals surface area contributed by atoms with Gasteiger partial charge in [0.1, 0.15) is 17.0 Å². The summed E-state index contributed by atoms with van der Waals surface area (Å²) in [7, 11) is 0. The molecule has 0 atom stereocenters. The quantitative estimate of drug-likeness (QED) is 0.422. The molecule has 0 radical (unpaired) electrons. The van der Waals surface area contributed by atoms with Gasteiger partial charge in [-0.1, -0.05) is 41.4 Å². The fourth-order valence-electron chi connectivity index (χ4n) is 2.92. The van der Waals surface area contributed by atoms with Crippen LogP contribution in [-0.4, -0.2) is 15.6 Å². The molecule has 0 saturated carbocycles. The number of benzene rings is 2. The van der Waals surface area contributed by atoms with Gasteiger partial charge < -0.3 is 5.32 Å². The Bertz CT molecular complexity index is 1300. The molecule has 2 heterocycles. The third kappa shape index (κ3) is 4.16. The van der Waals surface area contributed by atoms with Crippen LogP contribution in [-0.2, 0) is 0 Å². The number of nitrogens with one attached hydrogen (secondary N) is 1. The maximum Gasteiger partial charge on any atom is 0.268 e. The molecule has 0 aliphatic heterocycles. The van der Waals surface area contributed by atoms with Gasteiger partial charge in [0.2, 0.25) is 0 Å². The monoisotopic (exact) mass is 422 g/mol. The lowest BCUT2D eigenvalue weighted by Gasteiger charge is -2.12. The van der Waals surface area contributed by atoms with Gasteiger partial charge in [-0.25, -0.2) is 4.98 Å². The first-order valence-corrected chi connectivity index (χ1v) is 9.61. The van der Waals surface area contributed by atoms with Crippen molar-refractivity contribution in [2.45, 2.75) is 6.92 Å². The molecule has 2 aromatic heterocycles. The number of aryl methyl sites for hydroxylation is 1. The number of rotatable bonds is 4. The van der Waals surface area contributed by atoms with Crippen molar-refractivity contribution in [1.82, 2.24) is 9.38 Å². The largest absolute Gasteiger partial charge is 0.339 e. The molecule has 1 N–H and O–H groups in total. The smallest absolute Gasteiger partial charge is 0.268 e. The van der Waals surface area contributed by atoms with Gasteiger partial charge in [-0.15, -0.1) is 0 Å². The Morgan fingerprint density at radius 3 is 2.55 bits per heavy atom. The van der Waals surface area contributed by atoms with Gasteiger partial charge in [0.25, 0.3) is 5.56 Å². The highest BCUT2D eigenvalue weighted by Crippen LogP contribution is 2.22. The van der Waals surface area contributed by atoms with E-state index in [9.17, 15) is 4.79 Å². The minimum Gasteiger partial charge on any atom is -0.339 e. The Morgan fingerprint density at radius 2 is 1.79 bits per heavy atom. The van der Waals surface area contributed by atoms with Crippen LogP contribution < -0.4 is 10.9 Å². The first-order valence-electron chi connectivity index (χ1n) is 8.85. The Labute approximate surface area is 177 Å². The molecule has 5 nitrogen and oxygen atoms in total. The van der Waals surface area contributed by atoms with Crippen LogP contribution in [0.3, 0.4) is 0 Å². The average Bonchev–Trinajstić information content (AvgIpc) is 2.69. The van der Waals surface area contributed by atoms with Crippen molar-refractivity contribution in [2.75, 3.05) is 5.32 Å². The summed E-state index contributed by atoms with van der Waals surface area (Å²) < 4.78 is 1.51. The molecule has 7 heteroatoms. The van der Waals surface area contributed by atoms with Crippen molar-refractivity contribution in [3.8, 4) is 0 Å². The van der Waals surface area contributed by atoms with E-state index in [1.165, 1.54) is 10.6 Å². The van der Waals surface area contributed by atoms with E-state index in [0.717, 1.165) is 11.3 Å². The molecular weight excluding hydrogens is 407 g/mol. The molecule has 0 bridgehead atoms. The average molecular weight is 423 g/mol. The zero-order valence-electron chi connectivity index (χ0n) is 15.4. The van der Waals surface area contributed by atoms with E-state index in [4.69, 9.17) is 23.2 Å². The summed E-state index contributed by atoms with van der Waals surface area (Å²) in [5, 5.41) is 4.35. The highest BCUT2D eigenvalue weighted by molar-refractivity contribution is 6.31. The molecule has 0 aliphatic carbocycles. The number of nitrogens with zero attached hydrogens (tertiary/aromatic N) is 3. The van der Waals surface area contributed by atoms with Crippen LogP contribution in [0.15, 0.2) is 76.6 Å². The summed E-state index contributed by atoms with van der Waals surface area (Å²) in [6, 6.07) is 18.0. The topological polar surface area (TPSA) is 58.8 Å². The number of aliphatic imine (C=N–C) groups is 1. The van der Waals surface area contributed by atoms with Gasteiger partial charge in [0.15, 0.2) is 0 Å². The first-order chi connectivity index (χ1) is 14.0. The lowest BCUT2D eigenvalue weighted by atomic mass is 10.2. The molecule has 0 unspecified atom stereocenters. The van der Waals surface area contributed by atoms with E-state index in [1.807, 2.05) is 37.3 Å². The van der Waals surface area contributed by atoms with E-state index in [-0.39, 0.29) is 5.56 Å². The predicted octanol–water partition coefficient (Wildman–Crippen LogP) is 5.80. The maximum absolute atomic E-state index is 13.2. The van der Waals surface area contributed by atoms with Gasteiger partial charge in [-0.2, -0.15) is 0 Å². The number of hydrogen-bond donors (Lipinski definition) is 1. The molecule has 0 saturated heterocycles. The van der Waals surface area contributed by atoms with E-state index >= 15 is 0 Å². The number of anilines is 2. The third-order valence-electron chi connectivity index (χ3n) is 4.32. The van der Waals surface area contributed by atoms with E-state index in [0.29, 0.717) is 32.8 Å². The standard InChI is InChI=1S/C22H16Cl2N4O/c1-14-5-4-10-28-21(14)27-20(26-18-9-3-7-16(24)12-18)19(22(28)29)13-25-17-8-2-6-15(23)11-17/h2-13,26H,1H3. The highest BCUT2D eigenvalue weighted by Gasteiger charge is 2.13. The van der Waals surface area contributed by atoms with Crippen LogP contribution in [0.2, 0.25) is 10.0 Å². The van der Waals surface area contributed by atoms with Crippen LogP contribution >= 0.6 is 23.2 Å². The lowest BCUT2D eigenvalue weighted by molar-refractivity contribution is 1.03. The summed E-state index contributed by atoms with van der Waals surface area (Å²) in [4.78, 5) is 22.3. The number of halogens is 2. The lowest BCUT2D eigenvalue weighted by Crippen LogP contribution is -2.22. The molecule has 0 fully saturated rings. The normalized spacial score (nSPS) is 11.3. The molecular formula is C22H16Cl2N4O. The SMILES string of the molecule is Cc1cccn2c(=O)c(C=Nc3cccc(Cl)c3)c(Nc3cccc(Cl)c3)nc12. The molecule has 144 valence electrons. The minimum atomic E-state index is -0.228. The highest BCUT2D eigenvalue weighted by atomic mass is 35.5. The first kappa shape index (κ1) is 19.2. The second kappa shape index (κ2) is 8.07. The van der Waals surface area contributed by atoms with E-state index in [2.05, 4.69) is 15.3 Å². The second-order valence-electron chi connectivity index (χ2n) is 6.44. The van der Waals surface area contributed by atoms with Crippen molar-refractivity contribution in [3.05, 3.63) is 98.4 Å². The Balaban J connectivity index is 1.88. The molecule has 4 aromatic rings. The van der Waals surface area contributed by atoms with Gasteiger partial charge in [0.05, 0.1) is 5.69 Å². The van der Waals surface area contributed by atoms with Crippen molar-refractivity contribution in [1.29, 1.82) is 0 Å². The van der Waals surface area contributed by atoms with Gasteiger partial charge in [-0.3, -0.25) is 14.2 Å². The molecule has 4 rings (SSSR count). The van der Waals surface area contributed by atoms with Crippen LogP contribution in [0.5, 0.6) is 0 Å². The summed E-state index contributed by atoms with van der Waals surface area (Å²) in [6.07, 6.45) is 3.19. The zero-order valence-corrected chi connectivity index (χ0v) is 16.9. The number of pyridine rings is 1. The van der Waals surface area contributed by atoms with Crippen molar-refractivity contribution >= 4 is 52.3 Å². The van der Waals surface area contributed by atoms with Crippen LogP contribution in [0.25, 0.3) is 5.65 Å². The van der Waals surface area contributed by atoms with Crippen molar-refractivity contribution in [2.24, 2.45) is 4.99 Å². The van der Waals surface area contributed by atoms with Gasteiger partial charge in [-0.05, 0) is 55.0 Å². The molecule has 29 heavy (non-hydrogen) atoms. The summed E-state index contributed by atoms with van der Waals surface area (Å²) in [5.74, 6) is 0.400. The number of hydrogen-bond acceptors (Lipinski definition) is 4. The summed E-state index contributed by atoms with van der Waals surface area (Å²) in [5.41, 5.74) is 2.92. The second-order valence-corrected chi connectivity index (χ2v) is 7.31. The maximum atomic E-state index is 13.2. The number of fused-ring (bicyclic) bond motifs is 1. The third-order valence-corrected chi connectivity index (χ3v) is 4.79. The van der Waals surface area contributed by atoms with Crippen LogP contribution in [0, 0.1) is 6.92 Å². The van der Waals surface area contributed by atoms with Gasteiger partial charge in [0, 0.05) is 28.1 Å². The minimum absolute atomic E-state index is 0.228. The summed E-state index contributed by atoms with van der Waals surface area (Å²) in [6.45, 7) is 1.91. The van der Waals surface area contributed by atoms with Crippen molar-refractivity contribution in [3.63, 3.8) is 0 Å². The predicted molar refractivity (Wildman–Crippen MR) is 120 cm³/mol. The molecule has 0 amide bonds. The Hall–Kier alpha value is -3.15. The fraction of sp³-hybridized carbons (Fsp3) is 0.0455. The fourth-order valence-corrected chi connectivity index (χ4v) is 3.30. The molecule has 0 aliphatic rings. The Morgan fingerprint density at radius 1 is 1.03 bits per heavy atom. The zero-order chi connectivity index (χ0) is 20.4. The Kier molecular flexibility index (Phi) is 5.34. The van der Waals surface area contributed by atoms with E-state index < -0.39 is 0 Å². The molecule has 0 spiro atoms. The molecule has 2 aromatic carbocycles. The van der Waals surface area contributed by atoms with Crippen LogP contribution in [0.4, 0.5) is 17.2 Å². The van der Waals surface area contributed by atoms with E-state index in [1.54, 1.807) is 36.5 Å². The summed E-state index contributed by atoms with van der Waals surface area (Å²) >= 11 is 12.1. The van der Waals surface area contributed by atoms with Crippen molar-refractivity contribution < 1.29 is 0 Å². The van der Waals surface area contributed by atoms with Crippen LogP contribution in [0.1, 0.15) is 11.1 Å². The van der Waals surface area contributed by atoms with Gasteiger partial charge >= 0.3 is 0 Å². The number of aromatic nitrogens is 2.